The monoisotopic (exact) mass is 344 g/mol. The second-order valence-corrected chi connectivity index (χ2v) is 5.61. The minimum absolute atomic E-state index is 0.572. The standard InChI is InChI=1S/C14H13BrN6/c1-8-2-3-13(12(15)4-8)21-14(18-19-20-21)9-5-10(16)7-11(17)6-9/h2-7H,16-17H2,1H3. The summed E-state index contributed by atoms with van der Waals surface area (Å²) in [5.74, 6) is 0.582. The highest BCUT2D eigenvalue weighted by atomic mass is 79.9. The molecule has 2 aromatic carbocycles. The van der Waals surface area contributed by atoms with Crippen molar-refractivity contribution in [1.29, 1.82) is 0 Å². The van der Waals surface area contributed by atoms with Crippen LogP contribution in [0.25, 0.3) is 17.1 Å². The van der Waals surface area contributed by atoms with Crippen molar-refractivity contribution < 1.29 is 0 Å². The van der Waals surface area contributed by atoms with Gasteiger partial charge in [-0.25, -0.2) is 0 Å². The predicted molar refractivity (Wildman–Crippen MR) is 85.9 cm³/mol. The second kappa shape index (κ2) is 5.17. The molecule has 0 atom stereocenters. The first kappa shape index (κ1) is 13.6. The van der Waals surface area contributed by atoms with E-state index < -0.39 is 0 Å². The Labute approximate surface area is 129 Å². The van der Waals surface area contributed by atoms with Gasteiger partial charge >= 0.3 is 0 Å². The molecule has 106 valence electrons. The van der Waals surface area contributed by atoms with E-state index in [4.69, 9.17) is 11.5 Å². The van der Waals surface area contributed by atoms with Gasteiger partial charge in [0.25, 0.3) is 0 Å². The molecule has 0 unspecified atom stereocenters. The topological polar surface area (TPSA) is 95.6 Å². The number of benzene rings is 2. The molecule has 0 aliphatic rings. The van der Waals surface area contributed by atoms with Gasteiger partial charge in [0.05, 0.1) is 5.69 Å². The molecule has 0 spiro atoms. The highest BCUT2D eigenvalue weighted by Crippen LogP contribution is 2.28. The lowest BCUT2D eigenvalue weighted by Gasteiger charge is -2.08. The number of aryl methyl sites for hydroxylation is 1. The molecule has 6 nitrogen and oxygen atoms in total. The van der Waals surface area contributed by atoms with Crippen molar-refractivity contribution in [3.63, 3.8) is 0 Å². The Morgan fingerprint density at radius 2 is 1.76 bits per heavy atom. The number of halogens is 1. The third-order valence-electron chi connectivity index (χ3n) is 3.04. The Hall–Kier alpha value is -2.41. The van der Waals surface area contributed by atoms with Crippen LogP contribution in [0.5, 0.6) is 0 Å². The van der Waals surface area contributed by atoms with Gasteiger partial charge in [-0.3, -0.25) is 0 Å². The largest absolute Gasteiger partial charge is 0.399 e. The predicted octanol–water partition coefficient (Wildman–Crippen LogP) is 2.56. The van der Waals surface area contributed by atoms with E-state index in [0.717, 1.165) is 21.3 Å². The maximum atomic E-state index is 5.84. The molecule has 0 fully saturated rings. The molecule has 1 heterocycles. The smallest absolute Gasteiger partial charge is 0.187 e. The van der Waals surface area contributed by atoms with Gasteiger partial charge in [0.15, 0.2) is 5.82 Å². The average Bonchev–Trinajstić information content (AvgIpc) is 2.86. The van der Waals surface area contributed by atoms with E-state index in [1.807, 2.05) is 25.1 Å². The number of tetrazole rings is 1. The Kier molecular flexibility index (Phi) is 3.34. The van der Waals surface area contributed by atoms with Crippen molar-refractivity contribution in [3.05, 3.63) is 46.4 Å². The van der Waals surface area contributed by atoms with E-state index in [9.17, 15) is 0 Å². The normalized spacial score (nSPS) is 10.8. The first-order valence-corrected chi connectivity index (χ1v) is 7.05. The van der Waals surface area contributed by atoms with Crippen LogP contribution in [0.1, 0.15) is 5.56 Å². The fourth-order valence-electron chi connectivity index (χ4n) is 2.12. The van der Waals surface area contributed by atoms with Crippen LogP contribution >= 0.6 is 15.9 Å². The number of nitrogens with zero attached hydrogens (tertiary/aromatic N) is 4. The fraction of sp³-hybridized carbons (Fsp3) is 0.0714. The molecular formula is C14H13BrN6. The van der Waals surface area contributed by atoms with E-state index in [0.29, 0.717) is 17.2 Å². The zero-order chi connectivity index (χ0) is 15.0. The minimum Gasteiger partial charge on any atom is -0.399 e. The number of rotatable bonds is 2. The van der Waals surface area contributed by atoms with Gasteiger partial charge in [0.2, 0.25) is 0 Å². The first-order valence-electron chi connectivity index (χ1n) is 6.26. The highest BCUT2D eigenvalue weighted by molar-refractivity contribution is 9.10. The van der Waals surface area contributed by atoms with E-state index in [1.54, 1.807) is 22.9 Å². The van der Waals surface area contributed by atoms with Gasteiger partial charge in [0, 0.05) is 21.4 Å². The molecule has 0 saturated heterocycles. The Bertz CT molecular complexity index is 791. The van der Waals surface area contributed by atoms with Crippen molar-refractivity contribution in [2.45, 2.75) is 6.92 Å². The van der Waals surface area contributed by atoms with Crippen LogP contribution in [0.3, 0.4) is 0 Å². The number of hydrogen-bond acceptors (Lipinski definition) is 5. The van der Waals surface area contributed by atoms with Crippen LogP contribution in [0, 0.1) is 6.92 Å². The number of hydrogen-bond donors (Lipinski definition) is 2. The Morgan fingerprint density at radius 1 is 1.05 bits per heavy atom. The van der Waals surface area contributed by atoms with E-state index in [-0.39, 0.29) is 0 Å². The van der Waals surface area contributed by atoms with Crippen LogP contribution in [0.4, 0.5) is 11.4 Å². The van der Waals surface area contributed by atoms with Crippen molar-refractivity contribution in [2.75, 3.05) is 11.5 Å². The Balaban J connectivity index is 2.17. The summed E-state index contributed by atoms with van der Waals surface area (Å²) in [4.78, 5) is 0. The van der Waals surface area contributed by atoms with Gasteiger partial charge in [0.1, 0.15) is 0 Å². The molecule has 3 aromatic rings. The number of nitrogens with two attached hydrogens (primary N) is 2. The lowest BCUT2D eigenvalue weighted by molar-refractivity contribution is 0.788. The summed E-state index contributed by atoms with van der Waals surface area (Å²) in [5, 5.41) is 11.9. The first-order chi connectivity index (χ1) is 10.0. The SMILES string of the molecule is Cc1ccc(-n2nnnc2-c2cc(N)cc(N)c2)c(Br)c1. The second-order valence-electron chi connectivity index (χ2n) is 4.76. The van der Waals surface area contributed by atoms with Crippen molar-refractivity contribution in [2.24, 2.45) is 0 Å². The molecule has 7 heteroatoms. The van der Waals surface area contributed by atoms with Gasteiger partial charge in [-0.1, -0.05) is 6.07 Å². The maximum Gasteiger partial charge on any atom is 0.187 e. The molecule has 0 saturated carbocycles. The molecule has 1 aromatic heterocycles. The lowest BCUT2D eigenvalue weighted by Crippen LogP contribution is -2.02. The molecule has 0 aliphatic carbocycles. The van der Waals surface area contributed by atoms with Crippen molar-refractivity contribution in [1.82, 2.24) is 20.2 Å². The third kappa shape index (κ3) is 2.59. The van der Waals surface area contributed by atoms with Crippen molar-refractivity contribution >= 4 is 27.3 Å². The van der Waals surface area contributed by atoms with E-state index >= 15 is 0 Å². The molecule has 4 N–H and O–H groups in total. The lowest BCUT2D eigenvalue weighted by atomic mass is 10.1. The van der Waals surface area contributed by atoms with Gasteiger partial charge < -0.3 is 11.5 Å². The highest BCUT2D eigenvalue weighted by Gasteiger charge is 2.14. The summed E-state index contributed by atoms with van der Waals surface area (Å²) in [6.07, 6.45) is 0. The summed E-state index contributed by atoms with van der Waals surface area (Å²) >= 11 is 3.54. The molecule has 0 radical (unpaired) electrons. The van der Waals surface area contributed by atoms with Crippen LogP contribution in [-0.2, 0) is 0 Å². The van der Waals surface area contributed by atoms with E-state index in [1.165, 1.54) is 0 Å². The molecule has 21 heavy (non-hydrogen) atoms. The van der Waals surface area contributed by atoms with Gasteiger partial charge in [-0.05, 0) is 69.2 Å². The minimum atomic E-state index is 0.572. The van der Waals surface area contributed by atoms with Crippen LogP contribution in [-0.4, -0.2) is 20.2 Å². The summed E-state index contributed by atoms with van der Waals surface area (Å²) in [7, 11) is 0. The molecule has 3 rings (SSSR count). The van der Waals surface area contributed by atoms with Crippen LogP contribution < -0.4 is 11.5 Å². The molecular weight excluding hydrogens is 332 g/mol. The third-order valence-corrected chi connectivity index (χ3v) is 3.67. The summed E-state index contributed by atoms with van der Waals surface area (Å²) in [5.41, 5.74) is 15.6. The average molecular weight is 345 g/mol. The van der Waals surface area contributed by atoms with Crippen LogP contribution in [0.2, 0.25) is 0 Å². The number of anilines is 2. The zero-order valence-corrected chi connectivity index (χ0v) is 12.9. The fourth-order valence-corrected chi connectivity index (χ4v) is 2.78. The van der Waals surface area contributed by atoms with Crippen LogP contribution in [0.15, 0.2) is 40.9 Å². The maximum absolute atomic E-state index is 5.84. The van der Waals surface area contributed by atoms with E-state index in [2.05, 4.69) is 31.5 Å². The van der Waals surface area contributed by atoms with Gasteiger partial charge in [-0.2, -0.15) is 4.68 Å². The number of aromatic nitrogens is 4. The van der Waals surface area contributed by atoms with Gasteiger partial charge in [-0.15, -0.1) is 5.10 Å². The molecule has 0 bridgehead atoms. The number of nitrogen functional groups attached to an aromatic ring is 2. The quantitative estimate of drug-likeness (QED) is 0.696. The molecule has 0 aliphatic heterocycles. The Morgan fingerprint density at radius 3 is 2.43 bits per heavy atom. The van der Waals surface area contributed by atoms with Crippen molar-refractivity contribution in [3.8, 4) is 17.1 Å². The summed E-state index contributed by atoms with van der Waals surface area (Å²) < 4.78 is 2.56. The zero-order valence-electron chi connectivity index (χ0n) is 11.3. The molecule has 0 amide bonds. The summed E-state index contributed by atoms with van der Waals surface area (Å²) in [6, 6.07) is 11.2. The summed E-state index contributed by atoms with van der Waals surface area (Å²) in [6.45, 7) is 2.02.